The molecule has 1 aromatic carbocycles. The number of carbonyl (C=O) groups excluding carboxylic acids is 1. The highest BCUT2D eigenvalue weighted by molar-refractivity contribution is 7.09. The van der Waals surface area contributed by atoms with E-state index in [1.807, 2.05) is 29.5 Å². The van der Waals surface area contributed by atoms with Gasteiger partial charge in [-0.05, 0) is 36.2 Å². The first kappa shape index (κ1) is 14.7. The van der Waals surface area contributed by atoms with Crippen LogP contribution in [0.3, 0.4) is 0 Å². The Balaban J connectivity index is 1.74. The second kappa shape index (κ2) is 7.17. The molecule has 0 atom stereocenters. The summed E-state index contributed by atoms with van der Waals surface area (Å²) in [5.74, 6) is -0.256. The van der Waals surface area contributed by atoms with Crippen molar-refractivity contribution in [2.24, 2.45) is 0 Å². The van der Waals surface area contributed by atoms with Gasteiger partial charge in [0, 0.05) is 11.4 Å². The lowest BCUT2D eigenvalue weighted by molar-refractivity contribution is -0.122. The summed E-state index contributed by atoms with van der Waals surface area (Å²) in [6, 6.07) is 10.3. The molecule has 0 saturated heterocycles. The van der Waals surface area contributed by atoms with E-state index in [0.717, 1.165) is 10.4 Å². The summed E-state index contributed by atoms with van der Waals surface area (Å²) in [5.41, 5.74) is 0.986. The molecule has 0 aliphatic heterocycles. The van der Waals surface area contributed by atoms with Crippen LogP contribution < -0.4 is 5.32 Å². The van der Waals surface area contributed by atoms with Crippen molar-refractivity contribution in [2.45, 2.75) is 13.1 Å². The third-order valence-corrected chi connectivity index (χ3v) is 3.70. The molecular formula is C15H17FN2OS. The minimum atomic E-state index is -0.245. The van der Waals surface area contributed by atoms with E-state index in [2.05, 4.69) is 5.32 Å². The van der Waals surface area contributed by atoms with Gasteiger partial charge in [0.15, 0.2) is 0 Å². The van der Waals surface area contributed by atoms with Crippen molar-refractivity contribution < 1.29 is 9.18 Å². The van der Waals surface area contributed by atoms with Crippen LogP contribution in [0.25, 0.3) is 0 Å². The second-order valence-electron chi connectivity index (χ2n) is 4.65. The molecule has 106 valence electrons. The number of halogens is 1. The topological polar surface area (TPSA) is 32.3 Å². The van der Waals surface area contributed by atoms with Crippen LogP contribution in [0.2, 0.25) is 0 Å². The van der Waals surface area contributed by atoms with Gasteiger partial charge in [0.2, 0.25) is 5.91 Å². The van der Waals surface area contributed by atoms with Crippen LogP contribution in [0.4, 0.5) is 4.39 Å². The van der Waals surface area contributed by atoms with Crippen LogP contribution in [0.1, 0.15) is 10.4 Å². The van der Waals surface area contributed by atoms with Gasteiger partial charge in [0.05, 0.1) is 13.1 Å². The molecule has 0 unspecified atom stereocenters. The van der Waals surface area contributed by atoms with Crippen molar-refractivity contribution in [3.8, 4) is 0 Å². The zero-order valence-corrected chi connectivity index (χ0v) is 12.1. The van der Waals surface area contributed by atoms with Crippen molar-refractivity contribution in [1.29, 1.82) is 0 Å². The van der Waals surface area contributed by atoms with Gasteiger partial charge in [-0.15, -0.1) is 11.3 Å². The molecule has 0 aliphatic rings. The fraction of sp³-hybridized carbons (Fsp3) is 0.267. The highest BCUT2D eigenvalue weighted by Gasteiger charge is 2.07. The van der Waals surface area contributed by atoms with Gasteiger partial charge in [-0.25, -0.2) is 4.39 Å². The Morgan fingerprint density at radius 1 is 1.30 bits per heavy atom. The summed E-state index contributed by atoms with van der Waals surface area (Å²) >= 11 is 1.62. The molecule has 3 nitrogen and oxygen atoms in total. The maximum Gasteiger partial charge on any atom is 0.234 e. The van der Waals surface area contributed by atoms with E-state index in [-0.39, 0.29) is 11.7 Å². The first-order chi connectivity index (χ1) is 9.63. The minimum Gasteiger partial charge on any atom is -0.350 e. The minimum absolute atomic E-state index is 0.0111. The lowest BCUT2D eigenvalue weighted by atomic mass is 10.2. The highest BCUT2D eigenvalue weighted by Crippen LogP contribution is 2.08. The van der Waals surface area contributed by atoms with Crippen LogP contribution in [0.5, 0.6) is 0 Å². The van der Waals surface area contributed by atoms with Crippen molar-refractivity contribution in [3.05, 3.63) is 58.0 Å². The van der Waals surface area contributed by atoms with Gasteiger partial charge in [-0.2, -0.15) is 0 Å². The zero-order valence-electron chi connectivity index (χ0n) is 11.3. The molecular weight excluding hydrogens is 275 g/mol. The number of likely N-dealkylation sites (N-methyl/N-ethyl adjacent to an activating group) is 1. The molecule has 0 aliphatic carbocycles. The molecule has 0 bridgehead atoms. The number of benzene rings is 1. The lowest BCUT2D eigenvalue weighted by Crippen LogP contribution is -2.34. The molecule has 2 rings (SSSR count). The fourth-order valence-electron chi connectivity index (χ4n) is 1.86. The summed E-state index contributed by atoms with van der Waals surface area (Å²) in [7, 11) is 1.87. The van der Waals surface area contributed by atoms with Gasteiger partial charge >= 0.3 is 0 Å². The second-order valence-corrected chi connectivity index (χ2v) is 5.69. The van der Waals surface area contributed by atoms with Crippen molar-refractivity contribution in [1.82, 2.24) is 10.2 Å². The van der Waals surface area contributed by atoms with Crippen LogP contribution >= 0.6 is 11.3 Å². The molecule has 0 radical (unpaired) electrons. The molecule has 1 N–H and O–H groups in total. The first-order valence-corrected chi connectivity index (χ1v) is 7.23. The summed E-state index contributed by atoms with van der Waals surface area (Å²) < 4.78 is 12.8. The molecule has 0 spiro atoms. The normalized spacial score (nSPS) is 10.8. The van der Waals surface area contributed by atoms with Crippen molar-refractivity contribution >= 4 is 17.2 Å². The fourth-order valence-corrected chi connectivity index (χ4v) is 2.50. The molecule has 0 saturated carbocycles. The van der Waals surface area contributed by atoms with E-state index in [9.17, 15) is 9.18 Å². The van der Waals surface area contributed by atoms with E-state index < -0.39 is 0 Å². The van der Waals surface area contributed by atoms with Crippen molar-refractivity contribution in [3.63, 3.8) is 0 Å². The number of amides is 1. The third-order valence-electron chi connectivity index (χ3n) is 2.82. The quantitative estimate of drug-likeness (QED) is 0.887. The number of thiophene rings is 1. The van der Waals surface area contributed by atoms with Gasteiger partial charge in [-0.3, -0.25) is 9.69 Å². The number of hydrogen-bond acceptors (Lipinski definition) is 3. The highest BCUT2D eigenvalue weighted by atomic mass is 32.1. The van der Waals surface area contributed by atoms with Gasteiger partial charge in [-0.1, -0.05) is 18.2 Å². The standard InChI is InChI=1S/C15H17FN2OS/c1-18(10-12-4-6-13(16)7-5-12)11-15(19)17-9-14-3-2-8-20-14/h2-8H,9-11H2,1H3,(H,17,19). The number of carbonyl (C=O) groups is 1. The number of rotatable bonds is 6. The van der Waals surface area contributed by atoms with E-state index >= 15 is 0 Å². The Morgan fingerprint density at radius 2 is 2.05 bits per heavy atom. The summed E-state index contributed by atoms with van der Waals surface area (Å²) in [5, 5.41) is 4.87. The number of hydrogen-bond donors (Lipinski definition) is 1. The van der Waals surface area contributed by atoms with Gasteiger partial charge in [0.1, 0.15) is 5.82 Å². The lowest BCUT2D eigenvalue weighted by Gasteiger charge is -2.16. The largest absolute Gasteiger partial charge is 0.350 e. The smallest absolute Gasteiger partial charge is 0.234 e. The summed E-state index contributed by atoms with van der Waals surface area (Å²) in [4.78, 5) is 14.8. The van der Waals surface area contributed by atoms with Crippen molar-refractivity contribution in [2.75, 3.05) is 13.6 Å². The Hall–Kier alpha value is -1.72. The predicted molar refractivity (Wildman–Crippen MR) is 78.9 cm³/mol. The molecule has 1 aromatic heterocycles. The van der Waals surface area contributed by atoms with E-state index in [0.29, 0.717) is 19.6 Å². The van der Waals surface area contributed by atoms with Crippen LogP contribution in [0, 0.1) is 5.82 Å². The maximum absolute atomic E-state index is 12.8. The van der Waals surface area contributed by atoms with E-state index in [1.54, 1.807) is 23.5 Å². The van der Waals surface area contributed by atoms with Crippen LogP contribution in [-0.2, 0) is 17.9 Å². The Labute approximate surface area is 122 Å². The number of nitrogens with zero attached hydrogens (tertiary/aromatic N) is 1. The molecule has 2 aromatic rings. The maximum atomic E-state index is 12.8. The van der Waals surface area contributed by atoms with E-state index in [4.69, 9.17) is 0 Å². The van der Waals surface area contributed by atoms with Crippen LogP contribution in [-0.4, -0.2) is 24.4 Å². The SMILES string of the molecule is CN(CC(=O)NCc1cccs1)Cc1ccc(F)cc1. The summed E-state index contributed by atoms with van der Waals surface area (Å²) in [6.45, 7) is 1.51. The Kier molecular flexibility index (Phi) is 5.26. The average molecular weight is 292 g/mol. The molecule has 0 fully saturated rings. The van der Waals surface area contributed by atoms with E-state index in [1.165, 1.54) is 12.1 Å². The predicted octanol–water partition coefficient (Wildman–Crippen LogP) is 2.64. The molecule has 20 heavy (non-hydrogen) atoms. The first-order valence-electron chi connectivity index (χ1n) is 6.35. The third kappa shape index (κ3) is 4.75. The average Bonchev–Trinajstić information content (AvgIpc) is 2.92. The van der Waals surface area contributed by atoms with Gasteiger partial charge < -0.3 is 5.32 Å². The Morgan fingerprint density at radius 3 is 2.70 bits per heavy atom. The summed E-state index contributed by atoms with van der Waals surface area (Å²) in [6.07, 6.45) is 0. The van der Waals surface area contributed by atoms with Gasteiger partial charge in [0.25, 0.3) is 0 Å². The molecule has 1 heterocycles. The monoisotopic (exact) mass is 292 g/mol. The molecule has 5 heteroatoms. The number of nitrogens with one attached hydrogen (secondary N) is 1. The zero-order chi connectivity index (χ0) is 14.4. The Bertz CT molecular complexity index is 540. The molecule has 1 amide bonds. The van der Waals surface area contributed by atoms with Crippen LogP contribution in [0.15, 0.2) is 41.8 Å².